The predicted molar refractivity (Wildman–Crippen MR) is 92.2 cm³/mol. The molecule has 1 aromatic carbocycles. The minimum Gasteiger partial charge on any atom is -0.342 e. The highest BCUT2D eigenvalue weighted by Gasteiger charge is 2.24. The number of hydrogen-bond donors (Lipinski definition) is 1. The van der Waals surface area contributed by atoms with E-state index in [4.69, 9.17) is 0 Å². The summed E-state index contributed by atoms with van der Waals surface area (Å²) in [5.41, 5.74) is 2.93. The summed E-state index contributed by atoms with van der Waals surface area (Å²) in [6.07, 6.45) is 0.900. The first kappa shape index (κ1) is 15.1. The van der Waals surface area contributed by atoms with Gasteiger partial charge in [0.1, 0.15) is 0 Å². The van der Waals surface area contributed by atoms with E-state index in [1.54, 1.807) is 4.52 Å². The van der Waals surface area contributed by atoms with Crippen LogP contribution in [0, 0.1) is 13.8 Å². The van der Waals surface area contributed by atoms with Crippen LogP contribution in [0.15, 0.2) is 35.2 Å². The first-order chi connectivity index (χ1) is 11.6. The summed E-state index contributed by atoms with van der Waals surface area (Å²) in [4.78, 5) is 22.4. The van der Waals surface area contributed by atoms with Crippen LogP contribution in [0.5, 0.6) is 0 Å². The zero-order chi connectivity index (χ0) is 16.7. The molecule has 0 spiro atoms. The maximum atomic E-state index is 12.6. The van der Waals surface area contributed by atoms with Crippen molar-refractivity contribution in [2.45, 2.75) is 31.2 Å². The Balaban J connectivity index is 1.62. The van der Waals surface area contributed by atoms with Crippen molar-refractivity contribution in [3.05, 3.63) is 53.1 Å². The second-order valence-electron chi connectivity index (χ2n) is 5.89. The molecular formula is C17H17N5OS. The van der Waals surface area contributed by atoms with Gasteiger partial charge in [0.05, 0.1) is 6.04 Å². The van der Waals surface area contributed by atoms with Gasteiger partial charge in [-0.2, -0.15) is 4.98 Å². The number of benzene rings is 1. The molecule has 0 saturated carbocycles. The third-order valence-corrected chi connectivity index (χ3v) is 5.21. The van der Waals surface area contributed by atoms with Crippen LogP contribution in [0.3, 0.4) is 0 Å². The molecule has 24 heavy (non-hydrogen) atoms. The smallest absolute Gasteiger partial charge is 0.291 e. The normalized spacial score (nSPS) is 16.8. The van der Waals surface area contributed by atoms with Crippen LogP contribution in [0.4, 0.5) is 0 Å². The molecule has 3 heterocycles. The van der Waals surface area contributed by atoms with Crippen molar-refractivity contribution in [1.29, 1.82) is 0 Å². The van der Waals surface area contributed by atoms with Gasteiger partial charge in [-0.05, 0) is 38.0 Å². The van der Waals surface area contributed by atoms with Gasteiger partial charge >= 0.3 is 0 Å². The second kappa shape index (κ2) is 5.90. The van der Waals surface area contributed by atoms with Crippen LogP contribution in [0.25, 0.3) is 5.78 Å². The number of thioether (sulfide) groups is 1. The lowest BCUT2D eigenvalue weighted by Gasteiger charge is -2.25. The first-order valence-electron chi connectivity index (χ1n) is 7.85. The van der Waals surface area contributed by atoms with Gasteiger partial charge in [0.2, 0.25) is 5.82 Å². The standard InChI is InChI=1S/C17H17N5OS/c1-10-9-11(2)22-17(18-10)20-15(21-22)16(23)19-13-7-8-24-14-6-4-3-5-12(13)14/h3-6,9,13H,7-8H2,1-2H3,(H,19,23)/t13-/m0/s1. The quantitative estimate of drug-likeness (QED) is 0.777. The third kappa shape index (κ3) is 2.65. The summed E-state index contributed by atoms with van der Waals surface area (Å²) < 4.78 is 1.60. The third-order valence-electron chi connectivity index (χ3n) is 4.09. The molecule has 122 valence electrons. The van der Waals surface area contributed by atoms with Crippen LogP contribution in [-0.4, -0.2) is 31.2 Å². The van der Waals surface area contributed by atoms with Crippen molar-refractivity contribution in [3.8, 4) is 0 Å². The maximum absolute atomic E-state index is 12.6. The van der Waals surface area contributed by atoms with Gasteiger partial charge in [-0.1, -0.05) is 18.2 Å². The van der Waals surface area contributed by atoms with E-state index in [2.05, 4.69) is 32.5 Å². The average molecular weight is 339 g/mol. The van der Waals surface area contributed by atoms with Gasteiger partial charge in [0.15, 0.2) is 0 Å². The number of rotatable bonds is 2. The van der Waals surface area contributed by atoms with E-state index in [9.17, 15) is 4.79 Å². The van der Waals surface area contributed by atoms with Crippen molar-refractivity contribution < 1.29 is 4.79 Å². The Labute approximate surface area is 143 Å². The zero-order valence-corrected chi connectivity index (χ0v) is 14.3. The summed E-state index contributed by atoms with van der Waals surface area (Å²) in [6, 6.07) is 10.1. The van der Waals surface area contributed by atoms with Gasteiger partial charge in [0, 0.05) is 22.0 Å². The summed E-state index contributed by atoms with van der Waals surface area (Å²) in [6.45, 7) is 3.82. The largest absolute Gasteiger partial charge is 0.342 e. The number of carbonyl (C=O) groups excluding carboxylic acids is 1. The number of hydrogen-bond acceptors (Lipinski definition) is 5. The molecule has 0 aliphatic carbocycles. The van der Waals surface area contributed by atoms with Crippen LogP contribution in [-0.2, 0) is 0 Å². The van der Waals surface area contributed by atoms with Crippen molar-refractivity contribution in [2.75, 3.05) is 5.75 Å². The number of aromatic nitrogens is 4. The molecule has 0 bridgehead atoms. The van der Waals surface area contributed by atoms with Crippen molar-refractivity contribution in [3.63, 3.8) is 0 Å². The van der Waals surface area contributed by atoms with E-state index in [1.807, 2.05) is 43.8 Å². The van der Waals surface area contributed by atoms with E-state index in [1.165, 1.54) is 4.90 Å². The van der Waals surface area contributed by atoms with E-state index in [0.29, 0.717) is 5.78 Å². The molecule has 1 amide bonds. The topological polar surface area (TPSA) is 72.2 Å². The van der Waals surface area contributed by atoms with Crippen molar-refractivity contribution >= 4 is 23.4 Å². The Kier molecular flexibility index (Phi) is 3.72. The number of nitrogens with zero attached hydrogens (tertiary/aromatic N) is 4. The fraction of sp³-hybridized carbons (Fsp3) is 0.294. The maximum Gasteiger partial charge on any atom is 0.291 e. The number of aryl methyl sites for hydroxylation is 2. The van der Waals surface area contributed by atoms with E-state index in [-0.39, 0.29) is 17.8 Å². The number of amides is 1. The van der Waals surface area contributed by atoms with Gasteiger partial charge in [0.25, 0.3) is 11.7 Å². The molecule has 1 aliphatic heterocycles. The summed E-state index contributed by atoms with van der Waals surface area (Å²) in [7, 11) is 0. The molecule has 4 rings (SSSR count). The highest BCUT2D eigenvalue weighted by Crippen LogP contribution is 2.35. The lowest BCUT2D eigenvalue weighted by molar-refractivity contribution is 0.0924. The molecule has 6 nitrogen and oxygen atoms in total. The van der Waals surface area contributed by atoms with E-state index >= 15 is 0 Å². The van der Waals surface area contributed by atoms with Gasteiger partial charge in [-0.25, -0.2) is 9.50 Å². The molecule has 1 aliphatic rings. The minimum atomic E-state index is -0.260. The fourth-order valence-electron chi connectivity index (χ4n) is 2.98. The Morgan fingerprint density at radius 3 is 3.00 bits per heavy atom. The molecule has 0 saturated heterocycles. The van der Waals surface area contributed by atoms with Crippen molar-refractivity contribution in [2.24, 2.45) is 0 Å². The SMILES string of the molecule is Cc1cc(C)n2nc(C(=O)N[C@H]3CCSc4ccccc43)nc2n1. The second-order valence-corrected chi connectivity index (χ2v) is 7.02. The summed E-state index contributed by atoms with van der Waals surface area (Å²) >= 11 is 1.83. The summed E-state index contributed by atoms with van der Waals surface area (Å²) in [5.74, 6) is 1.34. The fourth-order valence-corrected chi connectivity index (χ4v) is 4.10. The molecule has 0 unspecified atom stereocenters. The Hall–Kier alpha value is -2.41. The zero-order valence-electron chi connectivity index (χ0n) is 13.5. The minimum absolute atomic E-state index is 0.00245. The molecule has 7 heteroatoms. The molecule has 0 radical (unpaired) electrons. The van der Waals surface area contributed by atoms with Crippen LogP contribution in [0.2, 0.25) is 0 Å². The van der Waals surface area contributed by atoms with Crippen molar-refractivity contribution in [1.82, 2.24) is 24.9 Å². The Morgan fingerprint density at radius 1 is 1.29 bits per heavy atom. The van der Waals surface area contributed by atoms with Crippen LogP contribution < -0.4 is 5.32 Å². The van der Waals surface area contributed by atoms with E-state index in [0.717, 1.165) is 29.1 Å². The molecular weight excluding hydrogens is 322 g/mol. The van der Waals surface area contributed by atoms with E-state index < -0.39 is 0 Å². The predicted octanol–water partition coefficient (Wildman–Crippen LogP) is 2.71. The monoisotopic (exact) mass is 339 g/mol. The highest BCUT2D eigenvalue weighted by atomic mass is 32.2. The number of nitrogens with one attached hydrogen (secondary N) is 1. The molecule has 0 fully saturated rings. The molecule has 1 N–H and O–H groups in total. The number of fused-ring (bicyclic) bond motifs is 2. The Morgan fingerprint density at radius 2 is 2.12 bits per heavy atom. The lowest BCUT2D eigenvalue weighted by atomic mass is 10.0. The first-order valence-corrected chi connectivity index (χ1v) is 8.84. The van der Waals surface area contributed by atoms with Gasteiger partial charge in [-0.3, -0.25) is 4.79 Å². The number of carbonyl (C=O) groups is 1. The van der Waals surface area contributed by atoms with Crippen LogP contribution in [0.1, 0.15) is 40.0 Å². The Bertz CT molecular complexity index is 936. The van der Waals surface area contributed by atoms with Gasteiger partial charge in [-0.15, -0.1) is 16.9 Å². The molecule has 2 aromatic heterocycles. The highest BCUT2D eigenvalue weighted by molar-refractivity contribution is 7.99. The average Bonchev–Trinajstić information content (AvgIpc) is 3.00. The van der Waals surface area contributed by atoms with Crippen LogP contribution >= 0.6 is 11.8 Å². The molecule has 1 atom stereocenters. The summed E-state index contributed by atoms with van der Waals surface area (Å²) in [5, 5.41) is 7.37. The molecule has 3 aromatic rings. The van der Waals surface area contributed by atoms with Gasteiger partial charge < -0.3 is 5.32 Å². The lowest BCUT2D eigenvalue weighted by Crippen LogP contribution is -2.31.